The minimum Gasteiger partial charge on any atom is -0.508 e. The second kappa shape index (κ2) is 9.27. The van der Waals surface area contributed by atoms with Crippen LogP contribution in [-0.4, -0.2) is 58.3 Å². The minimum atomic E-state index is -4.50. The maximum atomic E-state index is 13.5. The first kappa shape index (κ1) is 24.4. The number of phenols is 1. The first-order valence-electron chi connectivity index (χ1n) is 11.6. The number of nitrogens with one attached hydrogen (secondary N) is 1. The summed E-state index contributed by atoms with van der Waals surface area (Å²) in [6.07, 6.45) is -4.42. The molecule has 2 aliphatic heterocycles. The number of hydrogen-bond donors (Lipinski definition) is 2. The Hall–Kier alpha value is -4.34. The molecule has 1 fully saturated rings. The number of amides is 3. The summed E-state index contributed by atoms with van der Waals surface area (Å²) in [6, 6.07) is 14.7. The quantitative estimate of drug-likeness (QED) is 0.560. The molecule has 5 rings (SSSR count). The smallest absolute Gasteiger partial charge is 0.416 e. The molecule has 2 heterocycles. The van der Waals surface area contributed by atoms with E-state index in [0.29, 0.717) is 16.7 Å². The van der Waals surface area contributed by atoms with Crippen LogP contribution in [-0.2, 0) is 22.2 Å². The van der Waals surface area contributed by atoms with E-state index in [-0.39, 0.29) is 49.0 Å². The molecule has 3 aromatic carbocycles. The number of carbonyl (C=O) groups is 3. The summed E-state index contributed by atoms with van der Waals surface area (Å²) >= 11 is 0. The number of alkyl halides is 3. The molecule has 37 heavy (non-hydrogen) atoms. The number of aromatic hydroxyl groups is 1. The Morgan fingerprint density at radius 1 is 0.973 bits per heavy atom. The molecule has 190 valence electrons. The maximum absolute atomic E-state index is 13.5. The van der Waals surface area contributed by atoms with Crippen molar-refractivity contribution in [2.75, 3.05) is 25.0 Å². The molecule has 7 nitrogen and oxygen atoms in total. The number of phenolic OH excluding ortho intramolecular Hbond substituents is 1. The average molecular weight is 509 g/mol. The average Bonchev–Trinajstić information content (AvgIpc) is 2.98. The zero-order valence-electron chi connectivity index (χ0n) is 19.5. The summed E-state index contributed by atoms with van der Waals surface area (Å²) in [6.45, 7) is 0.378. The summed E-state index contributed by atoms with van der Waals surface area (Å²) in [4.78, 5) is 42.3. The number of benzene rings is 3. The van der Waals surface area contributed by atoms with Crippen molar-refractivity contribution in [3.63, 3.8) is 0 Å². The second-order valence-corrected chi connectivity index (χ2v) is 9.03. The van der Waals surface area contributed by atoms with Crippen molar-refractivity contribution in [1.29, 1.82) is 0 Å². The monoisotopic (exact) mass is 509 g/mol. The van der Waals surface area contributed by atoms with Gasteiger partial charge in [-0.1, -0.05) is 30.3 Å². The Morgan fingerprint density at radius 2 is 1.70 bits per heavy atom. The lowest BCUT2D eigenvalue weighted by molar-refractivity contribution is -0.137. The van der Waals surface area contributed by atoms with Crippen molar-refractivity contribution in [2.45, 2.75) is 18.6 Å². The number of piperazine rings is 1. The van der Waals surface area contributed by atoms with Gasteiger partial charge in [-0.15, -0.1) is 0 Å². The fourth-order valence-corrected chi connectivity index (χ4v) is 4.63. The Bertz CT molecular complexity index is 1390. The molecule has 10 heteroatoms. The van der Waals surface area contributed by atoms with Crippen LogP contribution in [0.2, 0.25) is 0 Å². The van der Waals surface area contributed by atoms with Crippen LogP contribution in [0.1, 0.15) is 21.5 Å². The molecule has 1 saturated heterocycles. The normalized spacial score (nSPS) is 17.5. The molecule has 2 aliphatic rings. The van der Waals surface area contributed by atoms with Crippen molar-refractivity contribution in [2.24, 2.45) is 0 Å². The zero-order valence-corrected chi connectivity index (χ0v) is 19.5. The lowest BCUT2D eigenvalue weighted by Crippen LogP contribution is -2.59. The van der Waals surface area contributed by atoms with Gasteiger partial charge < -0.3 is 20.2 Å². The van der Waals surface area contributed by atoms with Gasteiger partial charge in [0, 0.05) is 13.1 Å². The van der Waals surface area contributed by atoms with Gasteiger partial charge in [0.25, 0.3) is 5.91 Å². The van der Waals surface area contributed by atoms with Gasteiger partial charge in [0.1, 0.15) is 11.8 Å². The molecule has 0 radical (unpaired) electrons. The first-order chi connectivity index (χ1) is 17.6. The highest BCUT2D eigenvalue weighted by Gasteiger charge is 2.40. The number of fused-ring (bicyclic) bond motifs is 2. The molecule has 0 spiro atoms. The summed E-state index contributed by atoms with van der Waals surface area (Å²) in [7, 11) is 0. The number of carbonyl (C=O) groups excluding carboxylic acids is 3. The number of nitrogens with zero attached hydrogens (tertiary/aromatic N) is 2. The molecule has 1 unspecified atom stereocenters. The highest BCUT2D eigenvalue weighted by molar-refractivity contribution is 6.10. The number of hydrogen-bond acceptors (Lipinski definition) is 4. The van der Waals surface area contributed by atoms with Crippen LogP contribution in [0, 0.1) is 0 Å². The minimum absolute atomic E-state index is 0.0168. The van der Waals surface area contributed by atoms with Gasteiger partial charge in [-0.25, -0.2) is 0 Å². The molecule has 2 N–H and O–H groups in total. The highest BCUT2D eigenvalue weighted by atomic mass is 19.4. The predicted molar refractivity (Wildman–Crippen MR) is 129 cm³/mol. The standard InChI is InChI=1S/C27H22F3N3O4/c28-27(29,30)19-3-1-2-17(13-19)18-6-9-22-21(14-18)26(37)33-11-10-32(15-23(33)25(36)31-22)24(35)12-16-4-7-20(34)8-5-16/h1-9,13-14,23,34H,10-12,15H2,(H,31,36). The van der Waals surface area contributed by atoms with Crippen LogP contribution in [0.4, 0.5) is 18.9 Å². The third-order valence-corrected chi connectivity index (χ3v) is 6.62. The first-order valence-corrected chi connectivity index (χ1v) is 11.6. The van der Waals surface area contributed by atoms with E-state index >= 15 is 0 Å². The topological polar surface area (TPSA) is 90.0 Å². The van der Waals surface area contributed by atoms with Crippen LogP contribution < -0.4 is 5.32 Å². The molecule has 1 atom stereocenters. The summed E-state index contributed by atoms with van der Waals surface area (Å²) in [5.41, 5.74) is 1.06. The highest BCUT2D eigenvalue weighted by Crippen LogP contribution is 2.34. The summed E-state index contributed by atoms with van der Waals surface area (Å²) in [5.74, 6) is -0.993. The van der Waals surface area contributed by atoms with Crippen LogP contribution in [0.3, 0.4) is 0 Å². The fraction of sp³-hybridized carbons (Fsp3) is 0.222. The van der Waals surface area contributed by atoms with E-state index in [2.05, 4.69) is 5.32 Å². The van der Waals surface area contributed by atoms with Gasteiger partial charge in [0.15, 0.2) is 0 Å². The van der Waals surface area contributed by atoms with Gasteiger partial charge in [0.05, 0.1) is 29.8 Å². The number of rotatable bonds is 3. The Kier molecular flexibility index (Phi) is 6.10. The third-order valence-electron chi connectivity index (χ3n) is 6.62. The molecular formula is C27H22F3N3O4. The summed E-state index contributed by atoms with van der Waals surface area (Å²) < 4.78 is 39.5. The molecule has 0 saturated carbocycles. The Balaban J connectivity index is 1.37. The number of halogens is 3. The molecule has 0 bridgehead atoms. The molecule has 3 aromatic rings. The van der Waals surface area contributed by atoms with Crippen LogP contribution in [0.15, 0.2) is 66.7 Å². The van der Waals surface area contributed by atoms with Crippen LogP contribution in [0.25, 0.3) is 11.1 Å². The maximum Gasteiger partial charge on any atom is 0.416 e. The van der Waals surface area contributed by atoms with Crippen LogP contribution >= 0.6 is 0 Å². The fourth-order valence-electron chi connectivity index (χ4n) is 4.63. The van der Waals surface area contributed by atoms with Gasteiger partial charge in [-0.2, -0.15) is 13.2 Å². The van der Waals surface area contributed by atoms with Crippen molar-refractivity contribution in [1.82, 2.24) is 9.80 Å². The Morgan fingerprint density at radius 3 is 2.43 bits per heavy atom. The van der Waals surface area contributed by atoms with Crippen molar-refractivity contribution in [3.8, 4) is 16.9 Å². The second-order valence-electron chi connectivity index (χ2n) is 9.03. The Labute approximate surface area is 210 Å². The summed E-state index contributed by atoms with van der Waals surface area (Å²) in [5, 5.41) is 12.2. The SMILES string of the molecule is O=C1Nc2ccc(-c3cccc(C(F)(F)F)c3)cc2C(=O)N2CCN(C(=O)Cc3ccc(O)cc3)CC12. The van der Waals surface area contributed by atoms with E-state index in [1.165, 1.54) is 46.2 Å². The van der Waals surface area contributed by atoms with E-state index in [0.717, 1.165) is 12.1 Å². The molecule has 0 aliphatic carbocycles. The van der Waals surface area contributed by atoms with Gasteiger partial charge in [0.2, 0.25) is 11.8 Å². The van der Waals surface area contributed by atoms with Crippen LogP contribution in [0.5, 0.6) is 5.75 Å². The lowest BCUT2D eigenvalue weighted by Gasteiger charge is -2.39. The molecule has 0 aromatic heterocycles. The van der Waals surface area contributed by atoms with Gasteiger partial charge >= 0.3 is 6.18 Å². The van der Waals surface area contributed by atoms with Gasteiger partial charge in [-0.3, -0.25) is 14.4 Å². The zero-order chi connectivity index (χ0) is 26.3. The number of anilines is 1. The third kappa shape index (κ3) is 4.87. The largest absolute Gasteiger partial charge is 0.508 e. The van der Waals surface area contributed by atoms with E-state index < -0.39 is 29.6 Å². The molecular weight excluding hydrogens is 487 g/mol. The lowest BCUT2D eigenvalue weighted by atomic mass is 9.99. The van der Waals surface area contributed by atoms with E-state index in [4.69, 9.17) is 0 Å². The van der Waals surface area contributed by atoms with Crippen molar-refractivity contribution in [3.05, 3.63) is 83.4 Å². The van der Waals surface area contributed by atoms with Gasteiger partial charge in [-0.05, 0) is 53.1 Å². The van der Waals surface area contributed by atoms with Crippen molar-refractivity contribution < 1.29 is 32.7 Å². The predicted octanol–water partition coefficient (Wildman–Crippen LogP) is 3.93. The van der Waals surface area contributed by atoms with E-state index in [1.54, 1.807) is 18.2 Å². The molecule has 3 amide bonds. The van der Waals surface area contributed by atoms with E-state index in [1.807, 2.05) is 0 Å². The van der Waals surface area contributed by atoms with E-state index in [9.17, 15) is 32.7 Å². The van der Waals surface area contributed by atoms with Crippen molar-refractivity contribution >= 4 is 23.4 Å².